The lowest BCUT2D eigenvalue weighted by Crippen LogP contribution is -2.35. The minimum Gasteiger partial charge on any atom is -0.399 e. The molecule has 17 heavy (non-hydrogen) atoms. The Morgan fingerprint density at radius 3 is 2.35 bits per heavy atom. The predicted molar refractivity (Wildman–Crippen MR) is 72.8 cm³/mol. The molecule has 0 bridgehead atoms. The number of hydrogen-bond donors (Lipinski definition) is 2. The number of nitrogen functional groups attached to an aromatic ring is 1. The van der Waals surface area contributed by atoms with Crippen molar-refractivity contribution in [2.75, 3.05) is 30.8 Å². The van der Waals surface area contributed by atoms with Gasteiger partial charge in [0.05, 0.1) is 22.3 Å². The van der Waals surface area contributed by atoms with E-state index >= 15 is 0 Å². The zero-order valence-electron chi connectivity index (χ0n) is 9.76. The molecule has 0 unspecified atom stereocenters. The summed E-state index contributed by atoms with van der Waals surface area (Å²) < 4.78 is 0. The minimum atomic E-state index is -0.101. The van der Waals surface area contributed by atoms with Gasteiger partial charge in [-0.15, -0.1) is 0 Å². The summed E-state index contributed by atoms with van der Waals surface area (Å²) in [5, 5.41) is 3.45. The Labute approximate surface area is 111 Å². The summed E-state index contributed by atoms with van der Waals surface area (Å²) in [5.41, 5.74) is 6.76. The van der Waals surface area contributed by atoms with Crippen LogP contribution in [0, 0.1) is 0 Å². The van der Waals surface area contributed by atoms with Gasteiger partial charge in [-0.1, -0.05) is 23.2 Å². The van der Waals surface area contributed by atoms with E-state index in [2.05, 4.69) is 5.32 Å². The van der Waals surface area contributed by atoms with E-state index in [1.807, 2.05) is 6.92 Å². The fourth-order valence-electron chi connectivity index (χ4n) is 1.49. The lowest BCUT2D eigenvalue weighted by atomic mass is 10.2. The topological polar surface area (TPSA) is 58.4 Å². The largest absolute Gasteiger partial charge is 0.399 e. The van der Waals surface area contributed by atoms with Gasteiger partial charge >= 0.3 is 0 Å². The summed E-state index contributed by atoms with van der Waals surface area (Å²) in [6.45, 7) is 2.75. The summed E-state index contributed by atoms with van der Waals surface area (Å²) in [6, 6.07) is 3.24. The maximum absolute atomic E-state index is 11.4. The first kappa shape index (κ1) is 13.9. The van der Waals surface area contributed by atoms with Crippen molar-refractivity contribution in [2.24, 2.45) is 0 Å². The van der Waals surface area contributed by atoms with Crippen LogP contribution in [0.25, 0.3) is 0 Å². The molecule has 0 aliphatic carbocycles. The number of carbonyl (C=O) groups excluding carboxylic acids is 1. The van der Waals surface area contributed by atoms with E-state index in [-0.39, 0.29) is 12.5 Å². The summed E-state index contributed by atoms with van der Waals surface area (Å²) in [7, 11) is 1.59. The zero-order chi connectivity index (χ0) is 13.0. The fourth-order valence-corrected chi connectivity index (χ4v) is 2.23. The second-order valence-electron chi connectivity index (χ2n) is 3.52. The van der Waals surface area contributed by atoms with Crippen molar-refractivity contribution in [1.82, 2.24) is 5.32 Å². The summed E-state index contributed by atoms with van der Waals surface area (Å²) in [6.07, 6.45) is 0. The lowest BCUT2D eigenvalue weighted by molar-refractivity contribution is -0.119. The third-order valence-corrected chi connectivity index (χ3v) is 2.93. The van der Waals surface area contributed by atoms with Crippen molar-refractivity contribution in [1.29, 1.82) is 0 Å². The van der Waals surface area contributed by atoms with Crippen LogP contribution >= 0.6 is 23.2 Å². The van der Waals surface area contributed by atoms with Crippen LogP contribution < -0.4 is 16.0 Å². The number of nitrogens with zero attached hydrogens (tertiary/aromatic N) is 1. The maximum Gasteiger partial charge on any atom is 0.239 e. The fraction of sp³-hybridized carbons (Fsp3) is 0.364. The Hall–Kier alpha value is -1.13. The minimum absolute atomic E-state index is 0.101. The molecule has 0 heterocycles. The molecule has 0 radical (unpaired) electrons. The molecule has 0 fully saturated rings. The van der Waals surface area contributed by atoms with Gasteiger partial charge in [-0.05, 0) is 19.1 Å². The first-order valence-electron chi connectivity index (χ1n) is 5.19. The van der Waals surface area contributed by atoms with E-state index in [4.69, 9.17) is 28.9 Å². The van der Waals surface area contributed by atoms with Crippen molar-refractivity contribution < 1.29 is 4.79 Å². The predicted octanol–water partition coefficient (Wildman–Crippen LogP) is 2.15. The van der Waals surface area contributed by atoms with Crippen LogP contribution in [0.1, 0.15) is 6.92 Å². The van der Waals surface area contributed by atoms with E-state index < -0.39 is 0 Å². The van der Waals surface area contributed by atoms with Crippen LogP contribution in [-0.4, -0.2) is 26.0 Å². The molecule has 1 aromatic carbocycles. The maximum atomic E-state index is 11.4. The molecule has 1 aromatic rings. The summed E-state index contributed by atoms with van der Waals surface area (Å²) in [5.74, 6) is -0.101. The van der Waals surface area contributed by atoms with Gasteiger partial charge in [-0.25, -0.2) is 0 Å². The highest BCUT2D eigenvalue weighted by Crippen LogP contribution is 2.35. The number of amides is 1. The van der Waals surface area contributed by atoms with Crippen LogP contribution in [0.4, 0.5) is 11.4 Å². The monoisotopic (exact) mass is 275 g/mol. The Kier molecular flexibility index (Phi) is 4.90. The average molecular weight is 276 g/mol. The van der Waals surface area contributed by atoms with Gasteiger partial charge in [0, 0.05) is 19.3 Å². The van der Waals surface area contributed by atoms with Crippen molar-refractivity contribution in [3.63, 3.8) is 0 Å². The van der Waals surface area contributed by atoms with Crippen LogP contribution in [-0.2, 0) is 4.79 Å². The van der Waals surface area contributed by atoms with Gasteiger partial charge in [0.2, 0.25) is 5.91 Å². The van der Waals surface area contributed by atoms with E-state index in [1.54, 1.807) is 24.1 Å². The number of nitrogens with one attached hydrogen (secondary N) is 1. The van der Waals surface area contributed by atoms with Gasteiger partial charge in [0.25, 0.3) is 0 Å². The number of halogens is 2. The first-order valence-corrected chi connectivity index (χ1v) is 5.95. The molecule has 1 amide bonds. The Bertz CT molecular complexity index is 400. The highest BCUT2D eigenvalue weighted by molar-refractivity contribution is 6.39. The Balaban J connectivity index is 3.07. The zero-order valence-corrected chi connectivity index (χ0v) is 11.3. The third kappa shape index (κ3) is 3.41. The molecule has 3 N–H and O–H groups in total. The molecule has 1 rings (SSSR count). The molecule has 0 atom stereocenters. The SMILES string of the molecule is CCN(CC(=O)NC)c1c(Cl)cc(N)cc1Cl. The second-order valence-corrected chi connectivity index (χ2v) is 4.33. The molecule has 0 saturated heterocycles. The van der Waals surface area contributed by atoms with Crippen molar-refractivity contribution in [3.05, 3.63) is 22.2 Å². The molecule has 94 valence electrons. The van der Waals surface area contributed by atoms with Crippen molar-refractivity contribution in [3.8, 4) is 0 Å². The van der Waals surface area contributed by atoms with Gasteiger partial charge in [-0.3, -0.25) is 4.79 Å². The number of nitrogens with two attached hydrogens (primary N) is 1. The number of benzene rings is 1. The van der Waals surface area contributed by atoms with Gasteiger partial charge in [0.15, 0.2) is 0 Å². The molecule has 0 aromatic heterocycles. The Morgan fingerprint density at radius 1 is 1.41 bits per heavy atom. The van der Waals surface area contributed by atoms with E-state index in [0.29, 0.717) is 28.0 Å². The van der Waals surface area contributed by atoms with Crippen LogP contribution in [0.2, 0.25) is 10.0 Å². The van der Waals surface area contributed by atoms with Crippen molar-refractivity contribution >= 4 is 40.5 Å². The van der Waals surface area contributed by atoms with E-state index in [9.17, 15) is 4.79 Å². The number of likely N-dealkylation sites (N-methyl/N-ethyl adjacent to an activating group) is 2. The Morgan fingerprint density at radius 2 is 1.94 bits per heavy atom. The summed E-state index contributed by atoms with van der Waals surface area (Å²) >= 11 is 12.2. The van der Waals surface area contributed by atoms with Crippen LogP contribution in [0.3, 0.4) is 0 Å². The quantitative estimate of drug-likeness (QED) is 0.828. The molecule has 0 saturated carbocycles. The molecular formula is C11H15Cl2N3O. The third-order valence-electron chi connectivity index (χ3n) is 2.35. The summed E-state index contributed by atoms with van der Waals surface area (Å²) in [4.78, 5) is 13.2. The second kappa shape index (κ2) is 5.98. The standard InChI is InChI=1S/C11H15Cl2N3O/c1-3-16(6-10(17)15-2)11-8(12)4-7(14)5-9(11)13/h4-5H,3,6,14H2,1-2H3,(H,15,17). The van der Waals surface area contributed by atoms with Crippen LogP contribution in [0.15, 0.2) is 12.1 Å². The average Bonchev–Trinajstić information content (AvgIpc) is 2.25. The van der Waals surface area contributed by atoms with Gasteiger partial charge in [-0.2, -0.15) is 0 Å². The number of anilines is 2. The highest BCUT2D eigenvalue weighted by atomic mass is 35.5. The smallest absolute Gasteiger partial charge is 0.239 e. The van der Waals surface area contributed by atoms with Crippen LogP contribution in [0.5, 0.6) is 0 Å². The first-order chi connectivity index (χ1) is 7.99. The van der Waals surface area contributed by atoms with E-state index in [0.717, 1.165) is 0 Å². The molecule has 4 nitrogen and oxygen atoms in total. The number of rotatable bonds is 4. The molecule has 0 aliphatic heterocycles. The normalized spacial score (nSPS) is 10.1. The lowest BCUT2D eigenvalue weighted by Gasteiger charge is -2.24. The molecule has 0 spiro atoms. The number of carbonyl (C=O) groups is 1. The molecule has 0 aliphatic rings. The van der Waals surface area contributed by atoms with Gasteiger partial charge < -0.3 is 16.0 Å². The molecular weight excluding hydrogens is 261 g/mol. The highest BCUT2D eigenvalue weighted by Gasteiger charge is 2.16. The number of hydrogen-bond acceptors (Lipinski definition) is 3. The van der Waals surface area contributed by atoms with Crippen molar-refractivity contribution in [2.45, 2.75) is 6.92 Å². The van der Waals surface area contributed by atoms with Gasteiger partial charge in [0.1, 0.15) is 0 Å². The van der Waals surface area contributed by atoms with E-state index in [1.165, 1.54) is 0 Å². The molecule has 6 heteroatoms.